The van der Waals surface area contributed by atoms with Crippen molar-refractivity contribution >= 4 is 50.7 Å². The summed E-state index contributed by atoms with van der Waals surface area (Å²) in [4.78, 5) is 28.2. The van der Waals surface area contributed by atoms with Gasteiger partial charge in [-0.15, -0.1) is 0 Å². The number of halogens is 2. The highest BCUT2D eigenvalue weighted by molar-refractivity contribution is 7.92. The summed E-state index contributed by atoms with van der Waals surface area (Å²) in [5.74, 6) is -0.782. The van der Waals surface area contributed by atoms with Crippen LogP contribution in [0.4, 0.5) is 5.69 Å². The van der Waals surface area contributed by atoms with E-state index >= 15 is 0 Å². The van der Waals surface area contributed by atoms with Crippen LogP contribution in [-0.2, 0) is 26.2 Å². The number of aryl methyl sites for hydroxylation is 1. The van der Waals surface area contributed by atoms with E-state index in [9.17, 15) is 18.0 Å². The number of carbonyl (C=O) groups is 2. The summed E-state index contributed by atoms with van der Waals surface area (Å²) >= 11 is 12.1. The van der Waals surface area contributed by atoms with E-state index in [0.717, 1.165) is 28.1 Å². The van der Waals surface area contributed by atoms with E-state index in [2.05, 4.69) is 5.32 Å². The molecule has 0 spiro atoms. The van der Waals surface area contributed by atoms with Crippen LogP contribution in [0.1, 0.15) is 44.7 Å². The van der Waals surface area contributed by atoms with Gasteiger partial charge in [-0.3, -0.25) is 13.9 Å². The van der Waals surface area contributed by atoms with E-state index in [4.69, 9.17) is 23.2 Å². The first-order valence-electron chi connectivity index (χ1n) is 11.5. The summed E-state index contributed by atoms with van der Waals surface area (Å²) in [6.07, 6.45) is 2.12. The number of hydrogen-bond acceptors (Lipinski definition) is 4. The SMILES string of the molecule is CC[C@H](C(=O)N[C@@H](C)CC)N(Cc1ccc(C)cc1)C(=O)CN(c1ccc(Cl)c(Cl)c1)S(C)(=O)=O. The van der Waals surface area contributed by atoms with E-state index in [1.165, 1.54) is 23.1 Å². The first-order chi connectivity index (χ1) is 16.4. The lowest BCUT2D eigenvalue weighted by Crippen LogP contribution is -2.53. The van der Waals surface area contributed by atoms with Gasteiger partial charge in [-0.25, -0.2) is 8.42 Å². The summed E-state index contributed by atoms with van der Waals surface area (Å²) in [6.45, 7) is 7.31. The molecule has 2 rings (SSSR count). The molecule has 0 aliphatic heterocycles. The third kappa shape index (κ3) is 8.12. The standard InChI is InChI=1S/C25H33Cl2N3O4S/c1-6-18(4)28-25(32)23(7-2)29(15-19-10-8-17(3)9-11-19)24(31)16-30(35(5,33)34)20-12-13-21(26)22(27)14-20/h8-14,18,23H,6-7,15-16H2,1-5H3,(H,28,32)/t18-,23+/m0/s1. The third-order valence-corrected chi connectivity index (χ3v) is 7.61. The number of anilines is 1. The van der Waals surface area contributed by atoms with Gasteiger partial charge in [0.05, 0.1) is 22.0 Å². The Kier molecular flexibility index (Phi) is 10.4. The van der Waals surface area contributed by atoms with E-state index in [1.807, 2.05) is 52.0 Å². The number of nitrogens with one attached hydrogen (secondary N) is 1. The quantitative estimate of drug-likeness (QED) is 0.443. The zero-order valence-corrected chi connectivity index (χ0v) is 23.0. The number of sulfonamides is 1. The molecule has 192 valence electrons. The molecule has 7 nitrogen and oxygen atoms in total. The van der Waals surface area contributed by atoms with Gasteiger partial charge in [0.1, 0.15) is 12.6 Å². The van der Waals surface area contributed by atoms with E-state index in [1.54, 1.807) is 0 Å². The van der Waals surface area contributed by atoms with Gasteiger partial charge in [-0.1, -0.05) is 66.9 Å². The first-order valence-corrected chi connectivity index (χ1v) is 14.1. The smallest absolute Gasteiger partial charge is 0.244 e. The van der Waals surface area contributed by atoms with Gasteiger partial charge >= 0.3 is 0 Å². The molecule has 0 aliphatic carbocycles. The van der Waals surface area contributed by atoms with Crippen molar-refractivity contribution < 1.29 is 18.0 Å². The normalized spacial score (nSPS) is 13.1. The Hall–Kier alpha value is -2.29. The molecule has 0 aliphatic rings. The van der Waals surface area contributed by atoms with E-state index in [-0.39, 0.29) is 34.2 Å². The van der Waals surface area contributed by atoms with Gasteiger partial charge in [0.15, 0.2) is 0 Å². The second-order valence-corrected chi connectivity index (χ2v) is 11.3. The minimum absolute atomic E-state index is 0.0587. The summed E-state index contributed by atoms with van der Waals surface area (Å²) in [7, 11) is -3.85. The van der Waals surface area contributed by atoms with Crippen LogP contribution in [0.15, 0.2) is 42.5 Å². The number of amides is 2. The highest BCUT2D eigenvalue weighted by Crippen LogP contribution is 2.28. The largest absolute Gasteiger partial charge is 0.352 e. The number of benzene rings is 2. The topological polar surface area (TPSA) is 86.8 Å². The Balaban J connectivity index is 2.45. The predicted octanol–water partition coefficient (Wildman–Crippen LogP) is 4.79. The zero-order chi connectivity index (χ0) is 26.3. The lowest BCUT2D eigenvalue weighted by Gasteiger charge is -2.33. The molecule has 2 atom stereocenters. The lowest BCUT2D eigenvalue weighted by molar-refractivity contribution is -0.140. The maximum absolute atomic E-state index is 13.6. The Morgan fingerprint density at radius 3 is 2.14 bits per heavy atom. The van der Waals surface area contributed by atoms with Crippen LogP contribution in [-0.4, -0.2) is 50.0 Å². The van der Waals surface area contributed by atoms with Crippen molar-refractivity contribution in [3.8, 4) is 0 Å². The highest BCUT2D eigenvalue weighted by atomic mass is 35.5. The fourth-order valence-corrected chi connectivity index (χ4v) is 4.64. The van der Waals surface area contributed by atoms with E-state index in [0.29, 0.717) is 6.42 Å². The summed E-state index contributed by atoms with van der Waals surface area (Å²) in [6, 6.07) is 11.2. The van der Waals surface area contributed by atoms with Crippen LogP contribution in [0.25, 0.3) is 0 Å². The van der Waals surface area contributed by atoms with Crippen molar-refractivity contribution in [3.05, 3.63) is 63.6 Å². The first kappa shape index (κ1) is 28.9. The molecule has 0 fully saturated rings. The molecule has 0 heterocycles. The van der Waals surface area contributed by atoms with E-state index < -0.39 is 28.5 Å². The number of rotatable bonds is 11. The van der Waals surface area contributed by atoms with Crippen molar-refractivity contribution in [2.24, 2.45) is 0 Å². The van der Waals surface area contributed by atoms with Crippen molar-refractivity contribution in [2.45, 2.75) is 59.2 Å². The average molecular weight is 543 g/mol. The van der Waals surface area contributed by atoms with Gasteiger partial charge in [0.25, 0.3) is 0 Å². The Labute approximate surface area is 218 Å². The minimum atomic E-state index is -3.85. The van der Waals surface area contributed by atoms with Gasteiger partial charge in [-0.05, 0) is 50.5 Å². The molecule has 0 bridgehead atoms. The maximum Gasteiger partial charge on any atom is 0.244 e. The molecule has 0 radical (unpaired) electrons. The molecule has 2 aromatic carbocycles. The predicted molar refractivity (Wildman–Crippen MR) is 142 cm³/mol. The van der Waals surface area contributed by atoms with Crippen molar-refractivity contribution in [1.29, 1.82) is 0 Å². The highest BCUT2D eigenvalue weighted by Gasteiger charge is 2.32. The maximum atomic E-state index is 13.6. The fraction of sp³-hybridized carbons (Fsp3) is 0.440. The van der Waals surface area contributed by atoms with Gasteiger partial charge in [-0.2, -0.15) is 0 Å². The molecule has 0 saturated carbocycles. The van der Waals surface area contributed by atoms with Crippen molar-refractivity contribution in [3.63, 3.8) is 0 Å². The molecule has 0 aromatic heterocycles. The van der Waals surface area contributed by atoms with Crippen LogP contribution < -0.4 is 9.62 Å². The minimum Gasteiger partial charge on any atom is -0.352 e. The molecule has 1 N–H and O–H groups in total. The molecule has 0 saturated heterocycles. The number of carbonyl (C=O) groups excluding carboxylic acids is 2. The van der Waals surface area contributed by atoms with Crippen LogP contribution in [0.3, 0.4) is 0 Å². The Morgan fingerprint density at radius 2 is 1.63 bits per heavy atom. The number of nitrogens with zero attached hydrogens (tertiary/aromatic N) is 2. The Morgan fingerprint density at radius 1 is 1.00 bits per heavy atom. The van der Waals surface area contributed by atoms with Gasteiger partial charge in [0, 0.05) is 12.6 Å². The molecule has 35 heavy (non-hydrogen) atoms. The van der Waals surface area contributed by atoms with Gasteiger partial charge < -0.3 is 10.2 Å². The summed E-state index contributed by atoms with van der Waals surface area (Å²) in [5.41, 5.74) is 2.11. The van der Waals surface area contributed by atoms with Crippen molar-refractivity contribution in [1.82, 2.24) is 10.2 Å². The monoisotopic (exact) mass is 541 g/mol. The third-order valence-electron chi connectivity index (χ3n) is 5.73. The second kappa shape index (κ2) is 12.6. The average Bonchev–Trinajstić information content (AvgIpc) is 2.79. The zero-order valence-electron chi connectivity index (χ0n) is 20.7. The Bertz CT molecular complexity index is 1140. The van der Waals surface area contributed by atoms with Gasteiger partial charge in [0.2, 0.25) is 21.8 Å². The summed E-state index contributed by atoms with van der Waals surface area (Å²) < 4.78 is 26.3. The van der Waals surface area contributed by atoms with Crippen molar-refractivity contribution in [2.75, 3.05) is 17.1 Å². The molecule has 2 aromatic rings. The molecule has 2 amide bonds. The molecular weight excluding hydrogens is 509 g/mol. The lowest BCUT2D eigenvalue weighted by atomic mass is 10.1. The number of hydrogen-bond donors (Lipinski definition) is 1. The van der Waals surface area contributed by atoms with Crippen LogP contribution in [0.5, 0.6) is 0 Å². The van der Waals surface area contributed by atoms with Crippen LogP contribution >= 0.6 is 23.2 Å². The van der Waals surface area contributed by atoms with Crippen LogP contribution in [0, 0.1) is 6.92 Å². The summed E-state index contributed by atoms with van der Waals surface area (Å²) in [5, 5.41) is 3.38. The van der Waals surface area contributed by atoms with Crippen LogP contribution in [0.2, 0.25) is 10.0 Å². The fourth-order valence-electron chi connectivity index (χ4n) is 3.50. The molecule has 0 unspecified atom stereocenters. The molecular formula is C25H33Cl2N3O4S. The molecule has 10 heteroatoms. The second-order valence-electron chi connectivity index (χ2n) is 8.62.